The van der Waals surface area contributed by atoms with E-state index in [1.165, 1.54) is 10.5 Å². The van der Waals surface area contributed by atoms with Gasteiger partial charge in [0.05, 0.1) is 5.69 Å². The summed E-state index contributed by atoms with van der Waals surface area (Å²) >= 11 is 3.41. The normalized spacial score (nSPS) is 10.8. The summed E-state index contributed by atoms with van der Waals surface area (Å²) in [6, 6.07) is 8.94. The van der Waals surface area contributed by atoms with Crippen molar-refractivity contribution in [1.82, 2.24) is 4.98 Å². The molecule has 90 valence electrons. The Hall–Kier alpha value is -1.00. The van der Waals surface area contributed by atoms with Crippen LogP contribution in [0.3, 0.4) is 0 Å². The molecular formula is C13H16N2S2. The van der Waals surface area contributed by atoms with Crippen molar-refractivity contribution in [2.24, 2.45) is 0 Å². The number of thioether (sulfide) groups is 1. The van der Waals surface area contributed by atoms with Crippen LogP contribution in [-0.2, 0) is 0 Å². The Labute approximate surface area is 110 Å². The SMILES string of the molecule is CSc1ccc(-c2csc(NC(C)C)n2)cc1. The summed E-state index contributed by atoms with van der Waals surface area (Å²) < 4.78 is 0. The standard InChI is InChI=1S/C13H16N2S2/c1-9(2)14-13-15-12(8-17-13)10-4-6-11(16-3)7-5-10/h4-9H,1-3H3,(H,14,15). The molecule has 0 radical (unpaired) electrons. The van der Waals surface area contributed by atoms with Crippen molar-refractivity contribution in [2.45, 2.75) is 24.8 Å². The minimum Gasteiger partial charge on any atom is -0.359 e. The van der Waals surface area contributed by atoms with Crippen LogP contribution in [0.2, 0.25) is 0 Å². The van der Waals surface area contributed by atoms with Crippen molar-refractivity contribution in [3.63, 3.8) is 0 Å². The molecule has 0 amide bonds. The average Bonchev–Trinajstić information content (AvgIpc) is 2.77. The predicted octanol–water partition coefficient (Wildman–Crippen LogP) is 4.35. The second-order valence-electron chi connectivity index (χ2n) is 4.07. The van der Waals surface area contributed by atoms with Gasteiger partial charge in [-0.1, -0.05) is 12.1 Å². The van der Waals surface area contributed by atoms with E-state index < -0.39 is 0 Å². The third kappa shape index (κ3) is 3.23. The number of anilines is 1. The summed E-state index contributed by atoms with van der Waals surface area (Å²) in [5, 5.41) is 6.41. The molecule has 0 unspecified atom stereocenters. The maximum Gasteiger partial charge on any atom is 0.183 e. The van der Waals surface area contributed by atoms with Crippen LogP contribution in [0, 0.1) is 0 Å². The number of thiazole rings is 1. The smallest absolute Gasteiger partial charge is 0.183 e. The Morgan fingerprint density at radius 1 is 1.24 bits per heavy atom. The highest BCUT2D eigenvalue weighted by Crippen LogP contribution is 2.26. The molecule has 2 nitrogen and oxygen atoms in total. The van der Waals surface area contributed by atoms with E-state index in [2.05, 4.69) is 60.0 Å². The van der Waals surface area contributed by atoms with Crippen molar-refractivity contribution < 1.29 is 0 Å². The van der Waals surface area contributed by atoms with Gasteiger partial charge in [0.15, 0.2) is 5.13 Å². The molecule has 1 heterocycles. The number of benzene rings is 1. The van der Waals surface area contributed by atoms with Gasteiger partial charge < -0.3 is 5.32 Å². The highest BCUT2D eigenvalue weighted by Gasteiger charge is 2.05. The fourth-order valence-corrected chi connectivity index (χ4v) is 2.76. The van der Waals surface area contributed by atoms with Gasteiger partial charge in [-0.05, 0) is 32.2 Å². The van der Waals surface area contributed by atoms with Gasteiger partial charge in [0.25, 0.3) is 0 Å². The van der Waals surface area contributed by atoms with Crippen LogP contribution < -0.4 is 5.32 Å². The lowest BCUT2D eigenvalue weighted by atomic mass is 10.2. The first-order valence-corrected chi connectivity index (χ1v) is 7.66. The van der Waals surface area contributed by atoms with E-state index in [9.17, 15) is 0 Å². The van der Waals surface area contributed by atoms with Crippen molar-refractivity contribution in [3.05, 3.63) is 29.6 Å². The van der Waals surface area contributed by atoms with Gasteiger partial charge in [-0.3, -0.25) is 0 Å². The largest absolute Gasteiger partial charge is 0.359 e. The number of rotatable bonds is 4. The number of aromatic nitrogens is 1. The quantitative estimate of drug-likeness (QED) is 0.831. The molecule has 17 heavy (non-hydrogen) atoms. The van der Waals surface area contributed by atoms with Gasteiger partial charge in [0.1, 0.15) is 0 Å². The van der Waals surface area contributed by atoms with E-state index in [1.54, 1.807) is 23.1 Å². The minimum absolute atomic E-state index is 0.424. The minimum atomic E-state index is 0.424. The highest BCUT2D eigenvalue weighted by atomic mass is 32.2. The molecule has 4 heteroatoms. The number of hydrogen-bond donors (Lipinski definition) is 1. The van der Waals surface area contributed by atoms with Crippen molar-refractivity contribution in [3.8, 4) is 11.3 Å². The molecule has 0 bridgehead atoms. The average molecular weight is 264 g/mol. The maximum atomic E-state index is 4.58. The molecule has 1 N–H and O–H groups in total. The summed E-state index contributed by atoms with van der Waals surface area (Å²) in [4.78, 5) is 5.86. The summed E-state index contributed by atoms with van der Waals surface area (Å²) in [6.07, 6.45) is 2.09. The number of nitrogens with one attached hydrogen (secondary N) is 1. The van der Waals surface area contributed by atoms with Crippen LogP contribution in [0.4, 0.5) is 5.13 Å². The second-order valence-corrected chi connectivity index (χ2v) is 5.80. The van der Waals surface area contributed by atoms with Gasteiger partial charge >= 0.3 is 0 Å². The monoisotopic (exact) mass is 264 g/mol. The molecule has 0 aliphatic heterocycles. The van der Waals surface area contributed by atoms with E-state index in [-0.39, 0.29) is 0 Å². The second kappa shape index (κ2) is 5.56. The maximum absolute atomic E-state index is 4.58. The molecule has 0 spiro atoms. The van der Waals surface area contributed by atoms with Crippen LogP contribution in [0.5, 0.6) is 0 Å². The summed E-state index contributed by atoms with van der Waals surface area (Å²) in [7, 11) is 0. The first kappa shape index (κ1) is 12.5. The van der Waals surface area contributed by atoms with Gasteiger partial charge in [-0.25, -0.2) is 4.98 Å². The van der Waals surface area contributed by atoms with Gasteiger partial charge in [-0.2, -0.15) is 0 Å². The zero-order valence-corrected chi connectivity index (χ0v) is 11.9. The number of nitrogens with zero attached hydrogens (tertiary/aromatic N) is 1. The predicted molar refractivity (Wildman–Crippen MR) is 78.1 cm³/mol. The third-order valence-corrected chi connectivity index (χ3v) is 3.82. The van der Waals surface area contributed by atoms with E-state index in [0.29, 0.717) is 6.04 Å². The first-order valence-electron chi connectivity index (χ1n) is 5.55. The summed E-state index contributed by atoms with van der Waals surface area (Å²) in [5.41, 5.74) is 2.22. The van der Waals surface area contributed by atoms with Crippen molar-refractivity contribution in [1.29, 1.82) is 0 Å². The van der Waals surface area contributed by atoms with Crippen LogP contribution in [0.15, 0.2) is 34.5 Å². The molecule has 0 saturated heterocycles. The molecule has 2 rings (SSSR count). The molecular weight excluding hydrogens is 248 g/mol. The van der Waals surface area contributed by atoms with Gasteiger partial charge in [0.2, 0.25) is 0 Å². The lowest BCUT2D eigenvalue weighted by molar-refractivity contribution is 0.897. The van der Waals surface area contributed by atoms with E-state index in [4.69, 9.17) is 0 Å². The molecule has 0 atom stereocenters. The Morgan fingerprint density at radius 3 is 2.53 bits per heavy atom. The Kier molecular flexibility index (Phi) is 4.07. The van der Waals surface area contributed by atoms with E-state index in [0.717, 1.165) is 10.8 Å². The molecule has 2 aromatic rings. The van der Waals surface area contributed by atoms with Crippen LogP contribution in [0.25, 0.3) is 11.3 Å². The highest BCUT2D eigenvalue weighted by molar-refractivity contribution is 7.98. The molecule has 0 aliphatic rings. The fourth-order valence-electron chi connectivity index (χ4n) is 1.48. The van der Waals surface area contributed by atoms with E-state index in [1.807, 2.05) is 0 Å². The lowest BCUT2D eigenvalue weighted by Gasteiger charge is -2.04. The zero-order chi connectivity index (χ0) is 12.3. The molecule has 1 aromatic carbocycles. The Balaban J connectivity index is 2.18. The fraction of sp³-hybridized carbons (Fsp3) is 0.308. The number of hydrogen-bond acceptors (Lipinski definition) is 4. The van der Waals surface area contributed by atoms with Crippen LogP contribution in [-0.4, -0.2) is 17.3 Å². The van der Waals surface area contributed by atoms with Crippen LogP contribution >= 0.6 is 23.1 Å². The molecule has 0 fully saturated rings. The first-order chi connectivity index (χ1) is 8.19. The zero-order valence-electron chi connectivity index (χ0n) is 10.2. The molecule has 1 aromatic heterocycles. The molecule has 0 aliphatic carbocycles. The van der Waals surface area contributed by atoms with Crippen LogP contribution in [0.1, 0.15) is 13.8 Å². The topological polar surface area (TPSA) is 24.9 Å². The lowest BCUT2D eigenvalue weighted by Crippen LogP contribution is -2.08. The van der Waals surface area contributed by atoms with Gasteiger partial charge in [0, 0.05) is 21.9 Å². The molecule has 0 saturated carbocycles. The summed E-state index contributed by atoms with van der Waals surface area (Å²) in [6.45, 7) is 4.24. The summed E-state index contributed by atoms with van der Waals surface area (Å²) in [5.74, 6) is 0. The Bertz CT molecular complexity index is 474. The third-order valence-electron chi connectivity index (χ3n) is 2.30. The van der Waals surface area contributed by atoms with Gasteiger partial charge in [-0.15, -0.1) is 23.1 Å². The van der Waals surface area contributed by atoms with E-state index >= 15 is 0 Å². The van der Waals surface area contributed by atoms with Crippen molar-refractivity contribution >= 4 is 28.2 Å². The Morgan fingerprint density at radius 2 is 1.94 bits per heavy atom. The van der Waals surface area contributed by atoms with Crippen molar-refractivity contribution in [2.75, 3.05) is 11.6 Å².